The molecule has 0 rings (SSSR count). The fraction of sp³-hybridized carbons (Fsp3) is 0.923. The van der Waals surface area contributed by atoms with E-state index in [-0.39, 0.29) is 12.5 Å². The largest absolute Gasteiger partial charge is 0.388 e. The molecule has 0 spiro atoms. The lowest BCUT2D eigenvalue weighted by Crippen LogP contribution is -2.50. The summed E-state index contributed by atoms with van der Waals surface area (Å²) < 4.78 is 4.92. The Morgan fingerprint density at radius 3 is 2.33 bits per heavy atom. The molecule has 108 valence electrons. The average Bonchev–Trinajstić information content (AvgIpc) is 2.37. The summed E-state index contributed by atoms with van der Waals surface area (Å²) in [5.74, 6) is -0.0762. The van der Waals surface area contributed by atoms with Crippen molar-refractivity contribution >= 4 is 5.91 Å². The Morgan fingerprint density at radius 2 is 1.94 bits per heavy atom. The van der Waals surface area contributed by atoms with Crippen LogP contribution in [0.3, 0.4) is 0 Å². The van der Waals surface area contributed by atoms with Gasteiger partial charge in [-0.1, -0.05) is 13.8 Å². The molecule has 0 aliphatic carbocycles. The molecular weight excluding hydrogens is 232 g/mol. The van der Waals surface area contributed by atoms with Gasteiger partial charge in [0.2, 0.25) is 5.91 Å². The monoisotopic (exact) mass is 260 g/mol. The molecule has 0 heterocycles. The van der Waals surface area contributed by atoms with Gasteiger partial charge in [0.05, 0.1) is 11.0 Å². The van der Waals surface area contributed by atoms with Crippen molar-refractivity contribution in [2.75, 3.05) is 26.8 Å². The van der Waals surface area contributed by atoms with E-state index in [2.05, 4.69) is 5.32 Å². The number of ether oxygens (including phenoxy) is 1. The van der Waals surface area contributed by atoms with Gasteiger partial charge in [0.25, 0.3) is 0 Å². The van der Waals surface area contributed by atoms with Crippen LogP contribution in [0.15, 0.2) is 0 Å². The first kappa shape index (κ1) is 17.4. The third kappa shape index (κ3) is 4.92. The number of rotatable bonds is 9. The van der Waals surface area contributed by atoms with Crippen LogP contribution in [0.25, 0.3) is 0 Å². The Hall–Kier alpha value is -0.650. The van der Waals surface area contributed by atoms with E-state index in [4.69, 9.17) is 10.5 Å². The maximum absolute atomic E-state index is 12.1. The van der Waals surface area contributed by atoms with Crippen LogP contribution in [-0.4, -0.2) is 43.4 Å². The first-order chi connectivity index (χ1) is 8.37. The Balaban J connectivity index is 4.39. The second-order valence-corrected chi connectivity index (χ2v) is 5.11. The van der Waals surface area contributed by atoms with E-state index in [0.717, 1.165) is 0 Å². The topological polar surface area (TPSA) is 84.6 Å². The molecule has 18 heavy (non-hydrogen) atoms. The molecule has 0 fully saturated rings. The second-order valence-electron chi connectivity index (χ2n) is 5.11. The van der Waals surface area contributed by atoms with Crippen molar-refractivity contribution in [3.05, 3.63) is 0 Å². The van der Waals surface area contributed by atoms with Gasteiger partial charge in [0.1, 0.15) is 0 Å². The van der Waals surface area contributed by atoms with Gasteiger partial charge >= 0.3 is 0 Å². The van der Waals surface area contributed by atoms with E-state index >= 15 is 0 Å². The van der Waals surface area contributed by atoms with Gasteiger partial charge in [-0.3, -0.25) is 4.79 Å². The highest BCUT2D eigenvalue weighted by molar-refractivity contribution is 5.82. The summed E-state index contributed by atoms with van der Waals surface area (Å²) in [6.45, 7) is 6.61. The first-order valence-electron chi connectivity index (χ1n) is 6.57. The number of amides is 1. The number of hydrogen-bond acceptors (Lipinski definition) is 4. The van der Waals surface area contributed by atoms with E-state index in [9.17, 15) is 9.90 Å². The first-order valence-corrected chi connectivity index (χ1v) is 6.57. The molecule has 1 atom stereocenters. The smallest absolute Gasteiger partial charge is 0.227 e. The lowest BCUT2D eigenvalue weighted by Gasteiger charge is -2.31. The normalized spacial score (nSPS) is 15.2. The minimum Gasteiger partial charge on any atom is -0.388 e. The molecule has 5 heteroatoms. The molecule has 0 aliphatic heterocycles. The molecule has 0 radical (unpaired) electrons. The van der Waals surface area contributed by atoms with Crippen molar-refractivity contribution in [3.8, 4) is 0 Å². The number of methoxy groups -OCH3 is 1. The van der Waals surface area contributed by atoms with Crippen LogP contribution in [0.1, 0.15) is 40.0 Å². The van der Waals surface area contributed by atoms with Crippen LogP contribution >= 0.6 is 0 Å². The quantitative estimate of drug-likeness (QED) is 0.568. The summed E-state index contributed by atoms with van der Waals surface area (Å²) in [7, 11) is 1.59. The highest BCUT2D eigenvalue weighted by Crippen LogP contribution is 2.25. The fourth-order valence-corrected chi connectivity index (χ4v) is 1.82. The van der Waals surface area contributed by atoms with Gasteiger partial charge in [-0.2, -0.15) is 0 Å². The van der Waals surface area contributed by atoms with Gasteiger partial charge in [-0.25, -0.2) is 0 Å². The molecule has 0 saturated carbocycles. The Morgan fingerprint density at radius 1 is 1.39 bits per heavy atom. The summed E-state index contributed by atoms with van der Waals surface area (Å²) in [5, 5.41) is 12.9. The van der Waals surface area contributed by atoms with Crippen LogP contribution in [0.5, 0.6) is 0 Å². The van der Waals surface area contributed by atoms with Crippen molar-refractivity contribution in [1.29, 1.82) is 0 Å². The predicted octanol–water partition coefficient (Wildman–Crippen LogP) is 0.655. The van der Waals surface area contributed by atoms with E-state index < -0.39 is 11.0 Å². The molecule has 0 aromatic carbocycles. The van der Waals surface area contributed by atoms with Crippen LogP contribution in [0.4, 0.5) is 0 Å². The van der Waals surface area contributed by atoms with Gasteiger partial charge < -0.3 is 20.9 Å². The van der Waals surface area contributed by atoms with Crippen LogP contribution in [0.2, 0.25) is 0 Å². The van der Waals surface area contributed by atoms with Crippen molar-refractivity contribution in [1.82, 2.24) is 5.32 Å². The molecule has 0 saturated heterocycles. The van der Waals surface area contributed by atoms with Crippen LogP contribution < -0.4 is 11.1 Å². The number of nitrogens with two attached hydrogens (primary N) is 1. The Labute approximate surface area is 110 Å². The predicted molar refractivity (Wildman–Crippen MR) is 72.2 cm³/mol. The van der Waals surface area contributed by atoms with Crippen molar-refractivity contribution in [2.45, 2.75) is 45.6 Å². The summed E-state index contributed by atoms with van der Waals surface area (Å²) >= 11 is 0. The number of nitrogens with one attached hydrogen (secondary N) is 1. The number of aliphatic hydroxyl groups is 1. The van der Waals surface area contributed by atoms with Gasteiger partial charge in [-0.05, 0) is 19.8 Å². The maximum atomic E-state index is 12.1. The van der Waals surface area contributed by atoms with Gasteiger partial charge in [-0.15, -0.1) is 0 Å². The molecule has 0 bridgehead atoms. The van der Waals surface area contributed by atoms with E-state index in [0.29, 0.717) is 32.4 Å². The summed E-state index contributed by atoms with van der Waals surface area (Å²) in [4.78, 5) is 12.1. The number of carbonyl (C=O) groups is 1. The molecule has 1 amide bonds. The molecular formula is C13H28N2O3. The molecule has 1 unspecified atom stereocenters. The lowest BCUT2D eigenvalue weighted by atomic mass is 9.81. The Kier molecular flexibility index (Phi) is 7.43. The van der Waals surface area contributed by atoms with Gasteiger partial charge in [0.15, 0.2) is 0 Å². The molecule has 0 aromatic heterocycles. The summed E-state index contributed by atoms with van der Waals surface area (Å²) in [5.41, 5.74) is 4.24. The maximum Gasteiger partial charge on any atom is 0.227 e. The van der Waals surface area contributed by atoms with E-state index in [1.54, 1.807) is 14.0 Å². The standard InChI is InChI=1S/C13H28N2O3/c1-5-13(6-2,9-14)11(16)15-10-12(3,17)7-8-18-4/h17H,5-10,14H2,1-4H3,(H,15,16). The Bertz CT molecular complexity index is 242. The van der Waals surface area contributed by atoms with E-state index in [1.807, 2.05) is 13.8 Å². The SMILES string of the molecule is CCC(CC)(CN)C(=O)NCC(C)(O)CCOC. The lowest BCUT2D eigenvalue weighted by molar-refractivity contribution is -0.132. The van der Waals surface area contributed by atoms with Gasteiger partial charge in [0, 0.05) is 33.2 Å². The van der Waals surface area contributed by atoms with Crippen LogP contribution in [0, 0.1) is 5.41 Å². The third-order valence-corrected chi connectivity index (χ3v) is 3.70. The zero-order chi connectivity index (χ0) is 14.2. The van der Waals surface area contributed by atoms with Crippen molar-refractivity contribution in [3.63, 3.8) is 0 Å². The molecule has 4 N–H and O–H groups in total. The van der Waals surface area contributed by atoms with E-state index in [1.165, 1.54) is 0 Å². The fourth-order valence-electron chi connectivity index (χ4n) is 1.82. The average molecular weight is 260 g/mol. The third-order valence-electron chi connectivity index (χ3n) is 3.70. The number of carbonyl (C=O) groups excluding carboxylic acids is 1. The molecule has 0 aliphatic rings. The minimum atomic E-state index is -0.951. The highest BCUT2D eigenvalue weighted by Gasteiger charge is 2.34. The van der Waals surface area contributed by atoms with Crippen molar-refractivity contribution < 1.29 is 14.6 Å². The zero-order valence-corrected chi connectivity index (χ0v) is 12.1. The highest BCUT2D eigenvalue weighted by atomic mass is 16.5. The number of hydrogen-bond donors (Lipinski definition) is 3. The molecule has 5 nitrogen and oxygen atoms in total. The summed E-state index contributed by atoms with van der Waals surface area (Å²) in [6, 6.07) is 0. The zero-order valence-electron chi connectivity index (χ0n) is 12.1. The van der Waals surface area contributed by atoms with Crippen molar-refractivity contribution in [2.24, 2.45) is 11.1 Å². The second kappa shape index (κ2) is 7.71. The minimum absolute atomic E-state index is 0.0762. The van der Waals surface area contributed by atoms with Crippen LogP contribution in [-0.2, 0) is 9.53 Å². The summed E-state index contributed by atoms with van der Waals surface area (Å²) in [6.07, 6.45) is 1.88. The molecule has 0 aromatic rings.